The van der Waals surface area contributed by atoms with Gasteiger partial charge in [-0.05, 0) is 12.1 Å². The molecule has 0 saturated heterocycles. The fourth-order valence-electron chi connectivity index (χ4n) is 3.43. The number of phenols is 2. The van der Waals surface area contributed by atoms with Gasteiger partial charge in [-0.3, -0.25) is 28.3 Å². The van der Waals surface area contributed by atoms with E-state index in [0.29, 0.717) is 4.57 Å². The van der Waals surface area contributed by atoms with Crippen molar-refractivity contribution in [3.8, 4) is 34.4 Å². The zero-order chi connectivity index (χ0) is 20.7. The van der Waals surface area contributed by atoms with Gasteiger partial charge in [-0.15, -0.1) is 0 Å². The molecule has 0 spiro atoms. The van der Waals surface area contributed by atoms with Crippen LogP contribution in [0.5, 0.6) is 23.3 Å². The molecule has 2 aromatic rings. The summed E-state index contributed by atoms with van der Waals surface area (Å²) in [6.07, 6.45) is 0. The van der Waals surface area contributed by atoms with Crippen LogP contribution in [0.3, 0.4) is 0 Å². The molecule has 0 radical (unpaired) electrons. The standard InChI is InChI=1S/C18H12N2O8/c1-19-15(25)9-7(21)3-5(13(23)11(9)17(19)27)6-4-8(22)10-12(14(6)24)18(28)20(2)16(10)26/h3-4,21,23,25,27H,1-2H3. The predicted octanol–water partition coefficient (Wildman–Crippen LogP) is -0.953. The first-order chi connectivity index (χ1) is 13.1. The molecule has 4 rings (SSSR count). The fraction of sp³-hybridized carbons (Fsp3) is 0.111. The summed E-state index contributed by atoms with van der Waals surface area (Å²) in [5.41, 5.74) is -4.50. The summed E-state index contributed by atoms with van der Waals surface area (Å²) in [6, 6.07) is 1.70. The summed E-state index contributed by atoms with van der Waals surface area (Å²) in [7, 11) is 2.40. The van der Waals surface area contributed by atoms with Crippen LogP contribution in [0.1, 0.15) is 0 Å². The van der Waals surface area contributed by atoms with Crippen molar-refractivity contribution in [2.45, 2.75) is 0 Å². The molecule has 0 bridgehead atoms. The Morgan fingerprint density at radius 2 is 1.29 bits per heavy atom. The zero-order valence-electron chi connectivity index (χ0n) is 14.5. The highest BCUT2D eigenvalue weighted by Gasteiger charge is 2.25. The molecule has 4 N–H and O–H groups in total. The van der Waals surface area contributed by atoms with Gasteiger partial charge in [0.05, 0.1) is 10.8 Å². The molecule has 1 aliphatic carbocycles. The monoisotopic (exact) mass is 384 g/mol. The van der Waals surface area contributed by atoms with Crippen molar-refractivity contribution >= 4 is 10.8 Å². The lowest BCUT2D eigenvalue weighted by molar-refractivity contribution is 0.389. The smallest absolute Gasteiger partial charge is 0.265 e. The maximum Gasteiger partial charge on any atom is 0.265 e. The minimum atomic E-state index is -0.981. The SMILES string of the molecule is Cn1c(O)c2c(O)cc(-c3cc(=O)c4c(=O)n(C)c(=O)c=4c3=O)c(O)c2c1O. The summed E-state index contributed by atoms with van der Waals surface area (Å²) < 4.78 is 1.53. The third-order valence-electron chi connectivity index (χ3n) is 4.93. The minimum Gasteiger partial charge on any atom is -0.507 e. The molecular formula is C18H12N2O8. The number of aromatic nitrogens is 2. The van der Waals surface area contributed by atoms with E-state index in [0.717, 1.165) is 23.7 Å². The summed E-state index contributed by atoms with van der Waals surface area (Å²) in [6.45, 7) is 0. The van der Waals surface area contributed by atoms with Gasteiger partial charge in [0.1, 0.15) is 21.9 Å². The van der Waals surface area contributed by atoms with Crippen molar-refractivity contribution in [1.82, 2.24) is 9.13 Å². The van der Waals surface area contributed by atoms with E-state index in [2.05, 4.69) is 0 Å². The molecule has 1 aliphatic heterocycles. The summed E-state index contributed by atoms with van der Waals surface area (Å²) in [4.78, 5) is 49.4. The summed E-state index contributed by atoms with van der Waals surface area (Å²) in [5, 5.41) is 39.2. The first-order valence-corrected chi connectivity index (χ1v) is 7.90. The first-order valence-electron chi connectivity index (χ1n) is 7.90. The van der Waals surface area contributed by atoms with Crippen LogP contribution in [0, 0.1) is 10.4 Å². The Morgan fingerprint density at radius 3 is 1.93 bits per heavy atom. The van der Waals surface area contributed by atoms with Gasteiger partial charge in [-0.2, -0.15) is 0 Å². The van der Waals surface area contributed by atoms with Crippen molar-refractivity contribution in [3.63, 3.8) is 0 Å². The Balaban J connectivity index is 2.25. The van der Waals surface area contributed by atoms with E-state index in [9.17, 15) is 39.6 Å². The van der Waals surface area contributed by atoms with Gasteiger partial charge in [0.15, 0.2) is 10.9 Å². The van der Waals surface area contributed by atoms with Gasteiger partial charge in [0, 0.05) is 25.2 Å². The molecule has 1 aromatic carbocycles. The molecular weight excluding hydrogens is 372 g/mol. The second-order valence-electron chi connectivity index (χ2n) is 6.42. The highest BCUT2D eigenvalue weighted by molar-refractivity contribution is 6.05. The van der Waals surface area contributed by atoms with Crippen LogP contribution >= 0.6 is 0 Å². The van der Waals surface area contributed by atoms with E-state index in [-0.39, 0.29) is 16.3 Å². The Morgan fingerprint density at radius 1 is 0.714 bits per heavy atom. The van der Waals surface area contributed by atoms with Crippen LogP contribution in [-0.4, -0.2) is 29.6 Å². The van der Waals surface area contributed by atoms with Crippen molar-refractivity contribution in [3.05, 3.63) is 63.7 Å². The highest BCUT2D eigenvalue weighted by atomic mass is 16.3. The predicted molar refractivity (Wildman–Crippen MR) is 96.7 cm³/mol. The lowest BCUT2D eigenvalue weighted by Gasteiger charge is -2.07. The molecule has 142 valence electrons. The van der Waals surface area contributed by atoms with Gasteiger partial charge < -0.3 is 20.4 Å². The Bertz CT molecular complexity index is 1600. The van der Waals surface area contributed by atoms with E-state index in [1.54, 1.807) is 0 Å². The van der Waals surface area contributed by atoms with Crippen molar-refractivity contribution < 1.29 is 20.4 Å². The number of nitrogens with zero attached hydrogens (tertiary/aromatic N) is 2. The molecule has 10 nitrogen and oxygen atoms in total. The molecule has 1 aromatic heterocycles. The van der Waals surface area contributed by atoms with E-state index in [4.69, 9.17) is 0 Å². The maximum absolute atomic E-state index is 12.8. The molecule has 0 saturated carbocycles. The van der Waals surface area contributed by atoms with E-state index in [1.165, 1.54) is 7.05 Å². The van der Waals surface area contributed by atoms with Crippen LogP contribution < -0.4 is 22.0 Å². The number of rotatable bonds is 1. The third kappa shape index (κ3) is 1.85. The quantitative estimate of drug-likeness (QED) is 0.306. The fourth-order valence-corrected chi connectivity index (χ4v) is 3.43. The third-order valence-corrected chi connectivity index (χ3v) is 4.93. The van der Waals surface area contributed by atoms with Crippen molar-refractivity contribution in [1.29, 1.82) is 0 Å². The first kappa shape index (κ1) is 17.3. The normalized spacial score (nSPS) is 11.6. The average molecular weight is 384 g/mol. The molecule has 28 heavy (non-hydrogen) atoms. The van der Waals surface area contributed by atoms with Gasteiger partial charge in [-0.25, -0.2) is 0 Å². The van der Waals surface area contributed by atoms with Crippen LogP contribution in [-0.2, 0) is 14.1 Å². The Hall–Kier alpha value is -4.08. The average Bonchev–Trinajstić information content (AvgIpc) is 3.02. The molecule has 2 aliphatic rings. The number of hydrogen-bond donors (Lipinski definition) is 4. The molecule has 2 heterocycles. The number of aromatic hydroxyl groups is 4. The van der Waals surface area contributed by atoms with Gasteiger partial charge in [-0.1, -0.05) is 0 Å². The zero-order valence-corrected chi connectivity index (χ0v) is 14.5. The van der Waals surface area contributed by atoms with Crippen LogP contribution in [0.25, 0.3) is 21.9 Å². The lowest BCUT2D eigenvalue weighted by Crippen LogP contribution is -2.24. The molecule has 10 heteroatoms. The van der Waals surface area contributed by atoms with Gasteiger partial charge >= 0.3 is 0 Å². The number of hydrogen-bond acceptors (Lipinski definition) is 8. The molecule has 0 atom stereocenters. The molecule has 0 amide bonds. The summed E-state index contributed by atoms with van der Waals surface area (Å²) in [5.74, 6) is -2.40. The second-order valence-corrected chi connectivity index (χ2v) is 6.42. The number of benzene rings is 1. The van der Waals surface area contributed by atoms with Gasteiger partial charge in [0.25, 0.3) is 11.1 Å². The van der Waals surface area contributed by atoms with Gasteiger partial charge in [0.2, 0.25) is 11.8 Å². The van der Waals surface area contributed by atoms with E-state index in [1.807, 2.05) is 0 Å². The lowest BCUT2D eigenvalue weighted by atomic mass is 9.99. The van der Waals surface area contributed by atoms with Crippen LogP contribution in [0.4, 0.5) is 0 Å². The number of fused-ring (bicyclic) bond motifs is 1. The Labute approximate surface area is 153 Å². The Kier molecular flexibility index (Phi) is 3.23. The summed E-state index contributed by atoms with van der Waals surface area (Å²) >= 11 is 0. The van der Waals surface area contributed by atoms with Crippen LogP contribution in [0.15, 0.2) is 31.3 Å². The largest absolute Gasteiger partial charge is 0.507 e. The van der Waals surface area contributed by atoms with Crippen molar-refractivity contribution in [2.75, 3.05) is 0 Å². The maximum atomic E-state index is 12.8. The molecule has 0 unspecified atom stereocenters. The number of phenolic OH excluding ortho intramolecular Hbond substituents is 2. The van der Waals surface area contributed by atoms with E-state index >= 15 is 0 Å². The van der Waals surface area contributed by atoms with E-state index < -0.39 is 61.2 Å². The van der Waals surface area contributed by atoms with Crippen molar-refractivity contribution in [2.24, 2.45) is 14.1 Å². The molecule has 0 fully saturated rings. The van der Waals surface area contributed by atoms with Crippen LogP contribution in [0.2, 0.25) is 0 Å². The minimum absolute atomic E-state index is 0.261. The highest BCUT2D eigenvalue weighted by Crippen LogP contribution is 2.48. The topological polar surface area (TPSA) is 159 Å². The second kappa shape index (κ2) is 5.22.